The van der Waals surface area contributed by atoms with Crippen molar-refractivity contribution in [2.24, 2.45) is 13.0 Å². The van der Waals surface area contributed by atoms with Gasteiger partial charge in [0.15, 0.2) is 0 Å². The SMILES string of the molecule is Cn1ncc(C(=O)O)c1CNCC1CCC(O)C1. The number of nitrogens with one attached hydrogen (secondary N) is 1. The van der Waals surface area contributed by atoms with Crippen molar-refractivity contribution in [3.63, 3.8) is 0 Å². The first-order chi connectivity index (χ1) is 8.58. The molecule has 0 radical (unpaired) electrons. The van der Waals surface area contributed by atoms with Crippen LogP contribution in [0.5, 0.6) is 0 Å². The first-order valence-electron chi connectivity index (χ1n) is 6.21. The molecule has 0 aliphatic heterocycles. The van der Waals surface area contributed by atoms with Crippen molar-refractivity contribution in [2.45, 2.75) is 31.9 Å². The van der Waals surface area contributed by atoms with Gasteiger partial charge in [-0.1, -0.05) is 0 Å². The minimum atomic E-state index is -0.948. The zero-order chi connectivity index (χ0) is 13.1. The van der Waals surface area contributed by atoms with E-state index in [0.29, 0.717) is 18.2 Å². The smallest absolute Gasteiger partial charge is 0.339 e. The maximum Gasteiger partial charge on any atom is 0.339 e. The highest BCUT2D eigenvalue weighted by Gasteiger charge is 2.22. The summed E-state index contributed by atoms with van der Waals surface area (Å²) in [6.07, 6.45) is 3.95. The molecule has 0 amide bonds. The number of aliphatic hydroxyl groups is 1. The summed E-state index contributed by atoms with van der Waals surface area (Å²) in [6.45, 7) is 1.30. The van der Waals surface area contributed by atoms with Crippen molar-refractivity contribution >= 4 is 5.97 Å². The molecule has 2 unspecified atom stereocenters. The number of hydrogen-bond acceptors (Lipinski definition) is 4. The lowest BCUT2D eigenvalue weighted by Crippen LogP contribution is -2.23. The number of aliphatic hydroxyl groups excluding tert-OH is 1. The van der Waals surface area contributed by atoms with Gasteiger partial charge >= 0.3 is 5.97 Å². The Balaban J connectivity index is 1.86. The van der Waals surface area contributed by atoms with Crippen LogP contribution in [0.25, 0.3) is 0 Å². The Labute approximate surface area is 106 Å². The molecule has 1 aromatic heterocycles. The van der Waals surface area contributed by atoms with E-state index in [1.165, 1.54) is 6.20 Å². The van der Waals surface area contributed by atoms with E-state index < -0.39 is 5.97 Å². The Hall–Kier alpha value is -1.40. The van der Waals surface area contributed by atoms with Crippen LogP contribution in [0.4, 0.5) is 0 Å². The first kappa shape index (κ1) is 13.0. The monoisotopic (exact) mass is 253 g/mol. The molecule has 1 fully saturated rings. The van der Waals surface area contributed by atoms with Crippen LogP contribution in [0.1, 0.15) is 35.3 Å². The van der Waals surface area contributed by atoms with Gasteiger partial charge in [-0.05, 0) is 31.7 Å². The molecular weight excluding hydrogens is 234 g/mol. The van der Waals surface area contributed by atoms with Gasteiger partial charge in [0, 0.05) is 13.6 Å². The van der Waals surface area contributed by atoms with E-state index in [2.05, 4.69) is 10.4 Å². The molecule has 1 aromatic rings. The van der Waals surface area contributed by atoms with Crippen LogP contribution in [-0.4, -0.2) is 38.6 Å². The summed E-state index contributed by atoms with van der Waals surface area (Å²) in [4.78, 5) is 11.0. The molecule has 0 spiro atoms. The van der Waals surface area contributed by atoms with Crippen molar-refractivity contribution in [3.8, 4) is 0 Å². The molecule has 0 bridgehead atoms. The van der Waals surface area contributed by atoms with Gasteiger partial charge in [0.1, 0.15) is 5.56 Å². The topological polar surface area (TPSA) is 87.4 Å². The highest BCUT2D eigenvalue weighted by atomic mass is 16.4. The minimum absolute atomic E-state index is 0.164. The molecule has 2 rings (SSSR count). The highest BCUT2D eigenvalue weighted by molar-refractivity contribution is 5.88. The molecule has 0 aromatic carbocycles. The molecular formula is C12H19N3O3. The summed E-state index contributed by atoms with van der Waals surface area (Å²) < 4.78 is 1.58. The van der Waals surface area contributed by atoms with E-state index in [-0.39, 0.29) is 11.7 Å². The van der Waals surface area contributed by atoms with Gasteiger partial charge in [-0.3, -0.25) is 4.68 Å². The quantitative estimate of drug-likeness (QED) is 0.705. The second kappa shape index (κ2) is 5.49. The second-order valence-electron chi connectivity index (χ2n) is 4.90. The van der Waals surface area contributed by atoms with Crippen molar-refractivity contribution in [3.05, 3.63) is 17.5 Å². The number of rotatable bonds is 5. The fourth-order valence-corrected chi connectivity index (χ4v) is 2.48. The fraction of sp³-hybridized carbons (Fsp3) is 0.667. The lowest BCUT2D eigenvalue weighted by Gasteiger charge is -2.11. The first-order valence-corrected chi connectivity index (χ1v) is 6.21. The van der Waals surface area contributed by atoms with Crippen molar-refractivity contribution in [1.29, 1.82) is 0 Å². The maximum absolute atomic E-state index is 11.0. The summed E-state index contributed by atoms with van der Waals surface area (Å²) in [5.74, 6) is -0.460. The molecule has 0 saturated heterocycles. The van der Waals surface area contributed by atoms with Gasteiger partial charge in [-0.15, -0.1) is 0 Å². The summed E-state index contributed by atoms with van der Waals surface area (Å²) in [7, 11) is 1.74. The van der Waals surface area contributed by atoms with Crippen LogP contribution in [-0.2, 0) is 13.6 Å². The second-order valence-corrected chi connectivity index (χ2v) is 4.90. The van der Waals surface area contributed by atoms with E-state index in [1.54, 1.807) is 11.7 Å². The summed E-state index contributed by atoms with van der Waals surface area (Å²) in [6, 6.07) is 0. The molecule has 18 heavy (non-hydrogen) atoms. The summed E-state index contributed by atoms with van der Waals surface area (Å²) >= 11 is 0. The van der Waals surface area contributed by atoms with Gasteiger partial charge in [0.05, 0.1) is 18.0 Å². The largest absolute Gasteiger partial charge is 0.478 e. The predicted molar refractivity (Wildman–Crippen MR) is 65.2 cm³/mol. The normalized spacial score (nSPS) is 23.4. The van der Waals surface area contributed by atoms with Crippen molar-refractivity contribution in [2.75, 3.05) is 6.54 Å². The number of carbonyl (C=O) groups is 1. The molecule has 100 valence electrons. The molecule has 6 nitrogen and oxygen atoms in total. The standard InChI is InChI=1S/C12H19N3O3/c1-15-11(10(6-14-15)12(17)18)7-13-5-8-2-3-9(16)4-8/h6,8-9,13,16H,2-5,7H2,1H3,(H,17,18). The minimum Gasteiger partial charge on any atom is -0.478 e. The summed E-state index contributed by atoms with van der Waals surface area (Å²) in [5, 5.41) is 25.6. The average Bonchev–Trinajstić information content (AvgIpc) is 2.87. The number of aryl methyl sites for hydroxylation is 1. The maximum atomic E-state index is 11.0. The molecule has 2 atom stereocenters. The van der Waals surface area contributed by atoms with E-state index in [1.807, 2.05) is 0 Å². The Morgan fingerprint density at radius 1 is 1.61 bits per heavy atom. The number of carboxylic acids is 1. The Morgan fingerprint density at radius 2 is 2.39 bits per heavy atom. The lowest BCUT2D eigenvalue weighted by molar-refractivity contribution is 0.0695. The van der Waals surface area contributed by atoms with E-state index in [9.17, 15) is 9.90 Å². The van der Waals surface area contributed by atoms with Crippen LogP contribution in [0, 0.1) is 5.92 Å². The molecule has 1 saturated carbocycles. The molecule has 1 aliphatic carbocycles. The van der Waals surface area contributed by atoms with Crippen LogP contribution >= 0.6 is 0 Å². The van der Waals surface area contributed by atoms with Crippen LogP contribution in [0.3, 0.4) is 0 Å². The molecule has 6 heteroatoms. The van der Waals surface area contributed by atoms with Gasteiger partial charge in [0.25, 0.3) is 0 Å². The van der Waals surface area contributed by atoms with E-state index in [0.717, 1.165) is 25.8 Å². The fourth-order valence-electron chi connectivity index (χ4n) is 2.48. The zero-order valence-corrected chi connectivity index (χ0v) is 10.5. The Bertz CT molecular complexity index is 430. The molecule has 1 aliphatic rings. The molecule has 1 heterocycles. The number of nitrogens with zero attached hydrogens (tertiary/aromatic N) is 2. The zero-order valence-electron chi connectivity index (χ0n) is 10.5. The number of aromatic nitrogens is 2. The number of carboxylic acid groups (broad SMARTS) is 1. The average molecular weight is 253 g/mol. The van der Waals surface area contributed by atoms with Crippen molar-refractivity contribution < 1.29 is 15.0 Å². The van der Waals surface area contributed by atoms with Crippen LogP contribution in [0.15, 0.2) is 6.20 Å². The van der Waals surface area contributed by atoms with E-state index >= 15 is 0 Å². The lowest BCUT2D eigenvalue weighted by atomic mass is 10.1. The molecule has 3 N–H and O–H groups in total. The van der Waals surface area contributed by atoms with Gasteiger partial charge in [0.2, 0.25) is 0 Å². The Morgan fingerprint density at radius 3 is 3.00 bits per heavy atom. The summed E-state index contributed by atoms with van der Waals surface area (Å²) in [5.41, 5.74) is 0.928. The third kappa shape index (κ3) is 2.88. The predicted octanol–water partition coefficient (Wildman–Crippen LogP) is 0.369. The Kier molecular flexibility index (Phi) is 3.98. The third-order valence-corrected chi connectivity index (χ3v) is 3.53. The highest BCUT2D eigenvalue weighted by Crippen LogP contribution is 2.24. The number of hydrogen-bond donors (Lipinski definition) is 3. The third-order valence-electron chi connectivity index (χ3n) is 3.53. The van der Waals surface area contributed by atoms with Crippen LogP contribution in [0.2, 0.25) is 0 Å². The van der Waals surface area contributed by atoms with Gasteiger partial charge in [-0.2, -0.15) is 5.10 Å². The van der Waals surface area contributed by atoms with Crippen molar-refractivity contribution in [1.82, 2.24) is 15.1 Å². The van der Waals surface area contributed by atoms with Crippen LogP contribution < -0.4 is 5.32 Å². The van der Waals surface area contributed by atoms with E-state index in [4.69, 9.17) is 5.11 Å². The van der Waals surface area contributed by atoms with Gasteiger partial charge < -0.3 is 15.5 Å². The van der Waals surface area contributed by atoms with Gasteiger partial charge in [-0.25, -0.2) is 4.79 Å². The number of aromatic carboxylic acids is 1.